The van der Waals surface area contributed by atoms with Gasteiger partial charge in [-0.1, -0.05) is 20.8 Å². The van der Waals surface area contributed by atoms with E-state index >= 15 is 0 Å². The van der Waals surface area contributed by atoms with Crippen molar-refractivity contribution in [2.75, 3.05) is 5.75 Å². The van der Waals surface area contributed by atoms with Crippen molar-refractivity contribution in [3.05, 3.63) is 22.9 Å². The van der Waals surface area contributed by atoms with E-state index in [0.717, 1.165) is 25.3 Å². The van der Waals surface area contributed by atoms with Crippen LogP contribution in [0.1, 0.15) is 27.2 Å². The molecule has 0 aliphatic heterocycles. The molecule has 1 rings (SSSR count). The predicted molar refractivity (Wildman–Crippen MR) is 66.6 cm³/mol. The highest BCUT2D eigenvalue weighted by Crippen LogP contribution is 2.18. The molecule has 1 aromatic heterocycles. The molecule has 0 aliphatic rings. The molecule has 0 fully saturated rings. The normalized spacial score (nSPS) is 12.0. The summed E-state index contributed by atoms with van der Waals surface area (Å²) in [6.45, 7) is 7.83. The van der Waals surface area contributed by atoms with Gasteiger partial charge in [-0.3, -0.25) is 9.13 Å². The monoisotopic (exact) mass is 228 g/mol. The molecule has 0 aromatic carbocycles. The Morgan fingerprint density at radius 2 is 1.93 bits per heavy atom. The molecule has 0 N–H and O–H groups in total. The summed E-state index contributed by atoms with van der Waals surface area (Å²) in [4.78, 5) is 11.9. The van der Waals surface area contributed by atoms with Gasteiger partial charge in [-0.05, 0) is 17.6 Å². The maximum Gasteiger partial charge on any atom is 0.328 e. The van der Waals surface area contributed by atoms with E-state index in [2.05, 4.69) is 33.4 Å². The summed E-state index contributed by atoms with van der Waals surface area (Å²) in [5.74, 6) is 0.776. The van der Waals surface area contributed by atoms with E-state index in [1.807, 2.05) is 12.4 Å². The molecule has 0 saturated heterocycles. The van der Waals surface area contributed by atoms with Crippen molar-refractivity contribution in [3.8, 4) is 0 Å². The number of aromatic nitrogens is 2. The maximum atomic E-state index is 11.9. The Bertz CT molecular complexity index is 365. The molecule has 1 heterocycles. The third-order valence-electron chi connectivity index (χ3n) is 2.41. The lowest BCUT2D eigenvalue weighted by Crippen LogP contribution is -2.30. The number of hydrogen-bond donors (Lipinski definition) is 1. The highest BCUT2D eigenvalue weighted by atomic mass is 32.1. The zero-order valence-electron chi connectivity index (χ0n) is 9.73. The first-order chi connectivity index (χ1) is 7.00. The minimum Gasteiger partial charge on any atom is -0.299 e. The lowest BCUT2D eigenvalue weighted by atomic mass is 9.96. The fourth-order valence-corrected chi connectivity index (χ4v) is 1.60. The zero-order chi connectivity index (χ0) is 11.5. The Morgan fingerprint density at radius 1 is 1.33 bits per heavy atom. The van der Waals surface area contributed by atoms with Gasteiger partial charge in [0.25, 0.3) is 0 Å². The van der Waals surface area contributed by atoms with Crippen LogP contribution < -0.4 is 5.69 Å². The van der Waals surface area contributed by atoms with E-state index < -0.39 is 0 Å². The van der Waals surface area contributed by atoms with Gasteiger partial charge in [0.05, 0.1) is 0 Å². The van der Waals surface area contributed by atoms with E-state index in [0.29, 0.717) is 0 Å². The summed E-state index contributed by atoms with van der Waals surface area (Å²) in [5.41, 5.74) is 0.150. The highest BCUT2D eigenvalue weighted by Gasteiger charge is 2.17. The Balaban J connectivity index is 2.84. The Morgan fingerprint density at radius 3 is 2.47 bits per heavy atom. The van der Waals surface area contributed by atoms with Crippen LogP contribution in [0.4, 0.5) is 0 Å². The van der Waals surface area contributed by atoms with Crippen molar-refractivity contribution in [1.29, 1.82) is 0 Å². The van der Waals surface area contributed by atoms with Crippen molar-refractivity contribution in [2.45, 2.75) is 40.3 Å². The molecule has 0 amide bonds. The van der Waals surface area contributed by atoms with Crippen LogP contribution in [-0.2, 0) is 13.1 Å². The summed E-state index contributed by atoms with van der Waals surface area (Å²) in [5, 5.41) is 0. The van der Waals surface area contributed by atoms with Crippen LogP contribution >= 0.6 is 12.6 Å². The van der Waals surface area contributed by atoms with Crippen molar-refractivity contribution in [1.82, 2.24) is 9.13 Å². The fraction of sp³-hybridized carbons (Fsp3) is 0.727. The van der Waals surface area contributed by atoms with Gasteiger partial charge in [0.1, 0.15) is 0 Å². The van der Waals surface area contributed by atoms with Gasteiger partial charge in [-0.25, -0.2) is 4.79 Å². The largest absolute Gasteiger partial charge is 0.328 e. The molecule has 86 valence electrons. The van der Waals surface area contributed by atoms with Crippen LogP contribution in [0.15, 0.2) is 17.2 Å². The molecular weight excluding hydrogens is 208 g/mol. The minimum absolute atomic E-state index is 0.0608. The lowest BCUT2D eigenvalue weighted by molar-refractivity contribution is 0.345. The van der Waals surface area contributed by atoms with E-state index in [1.54, 1.807) is 9.13 Å². The van der Waals surface area contributed by atoms with Crippen molar-refractivity contribution >= 4 is 12.6 Å². The topological polar surface area (TPSA) is 26.9 Å². The molecule has 0 bridgehead atoms. The highest BCUT2D eigenvalue weighted by molar-refractivity contribution is 7.80. The number of aryl methyl sites for hydroxylation is 1. The van der Waals surface area contributed by atoms with E-state index in [-0.39, 0.29) is 11.1 Å². The molecule has 3 nitrogen and oxygen atoms in total. The molecule has 0 aliphatic carbocycles. The van der Waals surface area contributed by atoms with E-state index in [4.69, 9.17) is 0 Å². The molecule has 0 radical (unpaired) electrons. The first kappa shape index (κ1) is 12.4. The third kappa shape index (κ3) is 3.16. The fourth-order valence-electron chi connectivity index (χ4n) is 1.50. The SMILES string of the molecule is CCCn1ccn(CC(C)(C)CS)c1=O. The zero-order valence-corrected chi connectivity index (χ0v) is 10.6. The predicted octanol–water partition coefficient (Wildman–Crippen LogP) is 2.02. The number of rotatable bonds is 5. The minimum atomic E-state index is 0.0608. The summed E-state index contributed by atoms with van der Waals surface area (Å²) in [6.07, 6.45) is 4.71. The lowest BCUT2D eigenvalue weighted by Gasteiger charge is -2.21. The number of nitrogens with zero attached hydrogens (tertiary/aromatic N) is 2. The van der Waals surface area contributed by atoms with Crippen LogP contribution in [0.5, 0.6) is 0 Å². The Hall–Kier alpha value is -0.640. The summed E-state index contributed by atoms with van der Waals surface area (Å²) >= 11 is 4.29. The van der Waals surface area contributed by atoms with Gasteiger partial charge in [0, 0.05) is 25.5 Å². The summed E-state index contributed by atoms with van der Waals surface area (Å²) < 4.78 is 3.53. The van der Waals surface area contributed by atoms with Crippen LogP contribution in [0, 0.1) is 5.41 Å². The molecule has 0 saturated carbocycles. The van der Waals surface area contributed by atoms with Gasteiger partial charge in [-0.2, -0.15) is 12.6 Å². The standard InChI is InChI=1S/C11H20N2OS/c1-4-5-12-6-7-13(10(12)14)8-11(2,3)9-15/h6-7,15H,4-5,8-9H2,1-3H3. The Labute approximate surface area is 96.5 Å². The van der Waals surface area contributed by atoms with Crippen molar-refractivity contribution < 1.29 is 0 Å². The van der Waals surface area contributed by atoms with Gasteiger partial charge in [-0.15, -0.1) is 0 Å². The first-order valence-electron chi connectivity index (χ1n) is 5.36. The Kier molecular flexibility index (Phi) is 4.08. The summed E-state index contributed by atoms with van der Waals surface area (Å²) in [6, 6.07) is 0. The van der Waals surface area contributed by atoms with Gasteiger partial charge in [0.2, 0.25) is 0 Å². The van der Waals surface area contributed by atoms with Crippen LogP contribution in [-0.4, -0.2) is 14.9 Å². The average Bonchev–Trinajstić information content (AvgIpc) is 2.50. The maximum absolute atomic E-state index is 11.9. The van der Waals surface area contributed by atoms with Crippen molar-refractivity contribution in [2.24, 2.45) is 5.41 Å². The summed E-state index contributed by atoms with van der Waals surface area (Å²) in [7, 11) is 0. The molecule has 15 heavy (non-hydrogen) atoms. The van der Waals surface area contributed by atoms with E-state index in [9.17, 15) is 4.79 Å². The third-order valence-corrected chi connectivity index (χ3v) is 3.26. The quantitative estimate of drug-likeness (QED) is 0.767. The molecule has 0 unspecified atom stereocenters. The van der Waals surface area contributed by atoms with Crippen molar-refractivity contribution in [3.63, 3.8) is 0 Å². The van der Waals surface area contributed by atoms with E-state index in [1.165, 1.54) is 0 Å². The first-order valence-corrected chi connectivity index (χ1v) is 6.00. The second-order valence-electron chi connectivity index (χ2n) is 4.72. The number of imidazole rings is 1. The smallest absolute Gasteiger partial charge is 0.299 e. The second-order valence-corrected chi connectivity index (χ2v) is 5.04. The molecule has 1 aromatic rings. The number of hydrogen-bond acceptors (Lipinski definition) is 2. The van der Waals surface area contributed by atoms with Crippen LogP contribution in [0.3, 0.4) is 0 Å². The average molecular weight is 228 g/mol. The molecule has 0 atom stereocenters. The molecule has 4 heteroatoms. The van der Waals surface area contributed by atoms with Gasteiger partial charge < -0.3 is 0 Å². The number of thiol groups is 1. The van der Waals surface area contributed by atoms with Gasteiger partial charge in [0.15, 0.2) is 0 Å². The van der Waals surface area contributed by atoms with Crippen LogP contribution in [0.25, 0.3) is 0 Å². The molecular formula is C11H20N2OS. The van der Waals surface area contributed by atoms with Gasteiger partial charge >= 0.3 is 5.69 Å². The van der Waals surface area contributed by atoms with Crippen LogP contribution in [0.2, 0.25) is 0 Å². The second kappa shape index (κ2) is 4.92. The molecule has 0 spiro atoms.